The van der Waals surface area contributed by atoms with Crippen LogP contribution >= 0.6 is 0 Å². The molecule has 0 saturated carbocycles. The van der Waals surface area contributed by atoms with Crippen LogP contribution in [0.4, 0.5) is 5.69 Å². The summed E-state index contributed by atoms with van der Waals surface area (Å²) in [6.07, 6.45) is 2.82. The van der Waals surface area contributed by atoms with Crippen molar-refractivity contribution in [3.05, 3.63) is 99.5 Å². The third-order valence-corrected chi connectivity index (χ3v) is 6.41. The Morgan fingerprint density at radius 3 is 2.44 bits per heavy atom. The number of nitro benzene ring substituents is 1. The van der Waals surface area contributed by atoms with Crippen LogP contribution in [0.25, 0.3) is 0 Å². The lowest BCUT2D eigenvalue weighted by Crippen LogP contribution is -2.43. The van der Waals surface area contributed by atoms with Crippen molar-refractivity contribution in [2.45, 2.75) is 45.4 Å². The lowest BCUT2D eigenvalue weighted by Gasteiger charge is -2.29. The molecule has 0 spiro atoms. The van der Waals surface area contributed by atoms with Crippen molar-refractivity contribution in [3.8, 4) is 0 Å². The Hall–Kier alpha value is -3.49. The van der Waals surface area contributed by atoms with Gasteiger partial charge in [0, 0.05) is 38.4 Å². The molecule has 1 saturated heterocycles. The fraction of sp³-hybridized carbons (Fsp3) is 0.393. The van der Waals surface area contributed by atoms with Crippen molar-refractivity contribution in [1.82, 2.24) is 9.80 Å². The van der Waals surface area contributed by atoms with Gasteiger partial charge in [-0.1, -0.05) is 42.5 Å². The lowest BCUT2D eigenvalue weighted by atomic mass is 10.1. The number of aryl methyl sites for hydroxylation is 1. The number of carbonyl (C=O) groups excluding carboxylic acids is 1. The minimum atomic E-state index is -0.404. The number of ether oxygens (including phenoxy) is 1. The van der Waals surface area contributed by atoms with Crippen LogP contribution in [0.2, 0.25) is 0 Å². The molecule has 2 heterocycles. The summed E-state index contributed by atoms with van der Waals surface area (Å²) >= 11 is 0. The molecule has 1 fully saturated rings. The second-order valence-electron chi connectivity index (χ2n) is 9.29. The number of furan rings is 1. The van der Waals surface area contributed by atoms with E-state index in [0.717, 1.165) is 43.0 Å². The van der Waals surface area contributed by atoms with E-state index in [1.165, 1.54) is 17.7 Å². The monoisotopic (exact) mass is 491 g/mol. The van der Waals surface area contributed by atoms with Gasteiger partial charge < -0.3 is 14.1 Å². The first-order valence-corrected chi connectivity index (χ1v) is 12.4. The number of amides is 1. The van der Waals surface area contributed by atoms with Crippen LogP contribution < -0.4 is 0 Å². The summed E-state index contributed by atoms with van der Waals surface area (Å²) in [4.78, 5) is 28.2. The van der Waals surface area contributed by atoms with E-state index in [2.05, 4.69) is 17.0 Å². The van der Waals surface area contributed by atoms with Gasteiger partial charge in [0.25, 0.3) is 5.69 Å². The van der Waals surface area contributed by atoms with Crippen molar-refractivity contribution in [3.63, 3.8) is 0 Å². The molecule has 0 N–H and O–H groups in total. The first-order chi connectivity index (χ1) is 17.5. The van der Waals surface area contributed by atoms with Crippen LogP contribution in [0.5, 0.6) is 0 Å². The highest BCUT2D eigenvalue weighted by Crippen LogP contribution is 2.18. The zero-order valence-corrected chi connectivity index (χ0v) is 20.7. The third-order valence-electron chi connectivity index (χ3n) is 6.41. The van der Waals surface area contributed by atoms with E-state index in [0.29, 0.717) is 26.2 Å². The summed E-state index contributed by atoms with van der Waals surface area (Å²) in [7, 11) is 0. The number of benzene rings is 2. The van der Waals surface area contributed by atoms with Gasteiger partial charge in [-0.25, -0.2) is 0 Å². The molecule has 36 heavy (non-hydrogen) atoms. The Bertz CT molecular complexity index is 1120. The number of non-ortho nitro benzene ring substituents is 1. The van der Waals surface area contributed by atoms with E-state index < -0.39 is 4.92 Å². The maximum atomic E-state index is 13.6. The first-order valence-electron chi connectivity index (χ1n) is 12.4. The van der Waals surface area contributed by atoms with Crippen molar-refractivity contribution in [2.75, 3.05) is 26.2 Å². The average Bonchev–Trinajstić information content (AvgIpc) is 3.54. The quantitative estimate of drug-likeness (QED) is 0.268. The highest BCUT2D eigenvalue weighted by Gasteiger charge is 2.24. The molecule has 190 valence electrons. The number of rotatable bonds is 12. The van der Waals surface area contributed by atoms with Gasteiger partial charge in [-0.2, -0.15) is 0 Å². The molecular formula is C28H33N3O5. The summed E-state index contributed by atoms with van der Waals surface area (Å²) in [5.41, 5.74) is 2.15. The Morgan fingerprint density at radius 1 is 1.03 bits per heavy atom. The number of carbonyl (C=O) groups is 1. The van der Waals surface area contributed by atoms with E-state index in [4.69, 9.17) is 9.15 Å². The molecule has 3 aromatic rings. The number of hydrogen-bond donors (Lipinski definition) is 0. The van der Waals surface area contributed by atoms with Gasteiger partial charge in [0.1, 0.15) is 11.5 Å². The number of nitro groups is 1. The molecule has 1 amide bonds. The normalized spacial score (nSPS) is 15.3. The van der Waals surface area contributed by atoms with Crippen molar-refractivity contribution in [2.24, 2.45) is 0 Å². The number of hydrogen-bond acceptors (Lipinski definition) is 6. The Kier molecular flexibility index (Phi) is 8.86. The highest BCUT2D eigenvalue weighted by atomic mass is 16.6. The van der Waals surface area contributed by atoms with Crippen LogP contribution in [0, 0.1) is 17.0 Å². The second-order valence-corrected chi connectivity index (χ2v) is 9.29. The van der Waals surface area contributed by atoms with E-state index in [-0.39, 0.29) is 24.2 Å². The Balaban J connectivity index is 1.47. The molecule has 0 radical (unpaired) electrons. The standard InChI is InChI=1S/C28H33N3O5/c1-22-9-14-27(36-22)20-30(16-15-23-6-3-2-4-7-23)28(32)21-29(19-26-8-5-17-35-26)18-24-10-12-25(13-11-24)31(33)34/h2-4,6-7,9-14,26H,5,8,15-21H2,1H3/t26-/m1/s1. The smallest absolute Gasteiger partial charge is 0.269 e. The van der Waals surface area contributed by atoms with E-state index in [9.17, 15) is 14.9 Å². The first kappa shape index (κ1) is 25.6. The molecule has 8 nitrogen and oxygen atoms in total. The summed E-state index contributed by atoms with van der Waals surface area (Å²) < 4.78 is 11.6. The fourth-order valence-electron chi connectivity index (χ4n) is 4.49. The van der Waals surface area contributed by atoms with Crippen molar-refractivity contribution >= 4 is 11.6 Å². The molecule has 1 atom stereocenters. The minimum absolute atomic E-state index is 0.0138. The van der Waals surface area contributed by atoms with Crippen LogP contribution in [-0.2, 0) is 29.0 Å². The van der Waals surface area contributed by atoms with Gasteiger partial charge in [0.05, 0.1) is 24.1 Å². The number of nitrogens with zero attached hydrogens (tertiary/aromatic N) is 3. The predicted molar refractivity (Wildman–Crippen MR) is 136 cm³/mol. The Morgan fingerprint density at radius 2 is 1.81 bits per heavy atom. The Labute approximate surface area is 211 Å². The zero-order chi connectivity index (χ0) is 25.3. The second kappa shape index (κ2) is 12.5. The largest absolute Gasteiger partial charge is 0.464 e. The van der Waals surface area contributed by atoms with Gasteiger partial charge in [-0.05, 0) is 49.4 Å². The van der Waals surface area contributed by atoms with E-state index in [1.54, 1.807) is 12.1 Å². The van der Waals surface area contributed by atoms with Gasteiger partial charge in [-0.3, -0.25) is 19.8 Å². The van der Waals surface area contributed by atoms with Crippen LogP contribution in [0.1, 0.15) is 35.5 Å². The van der Waals surface area contributed by atoms with Crippen molar-refractivity contribution in [1.29, 1.82) is 0 Å². The molecule has 1 aliphatic heterocycles. The topological polar surface area (TPSA) is 89.1 Å². The average molecular weight is 492 g/mol. The summed E-state index contributed by atoms with van der Waals surface area (Å²) in [5, 5.41) is 11.0. The zero-order valence-electron chi connectivity index (χ0n) is 20.7. The SMILES string of the molecule is Cc1ccc(CN(CCc2ccccc2)C(=O)CN(Cc2ccc([N+](=O)[O-])cc2)C[C@H]2CCCO2)o1. The molecule has 0 aliphatic carbocycles. The summed E-state index contributed by atoms with van der Waals surface area (Å²) in [5.74, 6) is 1.59. The molecule has 1 aromatic heterocycles. The molecule has 0 unspecified atom stereocenters. The minimum Gasteiger partial charge on any atom is -0.464 e. The van der Waals surface area contributed by atoms with Crippen LogP contribution in [0.15, 0.2) is 71.1 Å². The molecule has 4 rings (SSSR count). The maximum absolute atomic E-state index is 13.6. The molecule has 8 heteroatoms. The fourth-order valence-corrected chi connectivity index (χ4v) is 4.49. The van der Waals surface area contributed by atoms with Gasteiger partial charge in [0.2, 0.25) is 5.91 Å². The lowest BCUT2D eigenvalue weighted by molar-refractivity contribution is -0.384. The molecule has 2 aromatic carbocycles. The molecular weight excluding hydrogens is 458 g/mol. The van der Waals surface area contributed by atoms with E-state index >= 15 is 0 Å². The molecule has 0 bridgehead atoms. The third kappa shape index (κ3) is 7.50. The highest BCUT2D eigenvalue weighted by molar-refractivity contribution is 5.78. The van der Waals surface area contributed by atoms with Gasteiger partial charge in [0.15, 0.2) is 0 Å². The summed E-state index contributed by atoms with van der Waals surface area (Å²) in [6, 6.07) is 20.5. The van der Waals surface area contributed by atoms with Crippen molar-refractivity contribution < 1.29 is 18.9 Å². The molecule has 1 aliphatic rings. The van der Waals surface area contributed by atoms with Gasteiger partial charge in [-0.15, -0.1) is 0 Å². The van der Waals surface area contributed by atoms with Crippen LogP contribution in [-0.4, -0.2) is 53.0 Å². The summed E-state index contributed by atoms with van der Waals surface area (Å²) in [6.45, 7) is 4.99. The van der Waals surface area contributed by atoms with Crippen LogP contribution in [0.3, 0.4) is 0 Å². The van der Waals surface area contributed by atoms with Gasteiger partial charge >= 0.3 is 0 Å². The maximum Gasteiger partial charge on any atom is 0.269 e. The predicted octanol–water partition coefficient (Wildman–Crippen LogP) is 4.75. The van der Waals surface area contributed by atoms with E-state index in [1.807, 2.05) is 42.2 Å².